The first-order chi connectivity index (χ1) is 12.8. The van der Waals surface area contributed by atoms with Crippen LogP contribution in [0.3, 0.4) is 0 Å². The summed E-state index contributed by atoms with van der Waals surface area (Å²) >= 11 is 0. The summed E-state index contributed by atoms with van der Waals surface area (Å²) in [5.74, 6) is 0.720. The van der Waals surface area contributed by atoms with Gasteiger partial charge in [0.2, 0.25) is 27.7 Å². The first-order valence-corrected chi connectivity index (χ1v) is 10.8. The van der Waals surface area contributed by atoms with Gasteiger partial charge in [-0.05, 0) is 31.9 Å². The van der Waals surface area contributed by atoms with Gasteiger partial charge in [-0.15, -0.1) is 10.2 Å². The molecule has 1 N–H and O–H groups in total. The minimum absolute atomic E-state index is 0.0542. The fourth-order valence-electron chi connectivity index (χ4n) is 3.05. The number of nitrogens with one attached hydrogen (secondary N) is 1. The van der Waals surface area contributed by atoms with E-state index in [1.807, 2.05) is 31.2 Å². The summed E-state index contributed by atoms with van der Waals surface area (Å²) in [4.78, 5) is 12.3. The van der Waals surface area contributed by atoms with Crippen molar-refractivity contribution in [2.45, 2.75) is 26.2 Å². The maximum Gasteiger partial charge on any atom is 0.247 e. The van der Waals surface area contributed by atoms with Gasteiger partial charge in [-0.25, -0.2) is 12.7 Å². The van der Waals surface area contributed by atoms with Gasteiger partial charge >= 0.3 is 0 Å². The van der Waals surface area contributed by atoms with Crippen molar-refractivity contribution < 1.29 is 17.6 Å². The quantitative estimate of drug-likeness (QED) is 0.796. The van der Waals surface area contributed by atoms with Crippen LogP contribution in [0.2, 0.25) is 0 Å². The molecule has 1 amide bonds. The van der Waals surface area contributed by atoms with Gasteiger partial charge in [0.05, 0.1) is 6.26 Å². The van der Waals surface area contributed by atoms with E-state index >= 15 is 0 Å². The van der Waals surface area contributed by atoms with Crippen molar-refractivity contribution in [2.24, 2.45) is 5.92 Å². The molecule has 0 unspecified atom stereocenters. The van der Waals surface area contributed by atoms with Crippen molar-refractivity contribution in [3.8, 4) is 11.5 Å². The molecule has 1 aliphatic rings. The van der Waals surface area contributed by atoms with E-state index in [2.05, 4.69) is 15.5 Å². The monoisotopic (exact) mass is 392 g/mol. The molecule has 1 aliphatic heterocycles. The number of carbonyl (C=O) groups is 1. The SMILES string of the molecule is Cc1ccc(-c2nnc(CCNC(=O)C3CCN(S(C)(=O)=O)CC3)o2)cc1. The number of amides is 1. The second-order valence-corrected chi connectivity index (χ2v) is 8.83. The Hall–Kier alpha value is -2.26. The Morgan fingerprint density at radius 1 is 1.22 bits per heavy atom. The molecule has 1 saturated heterocycles. The molecule has 27 heavy (non-hydrogen) atoms. The van der Waals surface area contributed by atoms with Crippen LogP contribution in [0.25, 0.3) is 11.5 Å². The fraction of sp³-hybridized carbons (Fsp3) is 0.500. The molecule has 0 bridgehead atoms. The van der Waals surface area contributed by atoms with E-state index < -0.39 is 10.0 Å². The maximum atomic E-state index is 12.3. The Balaban J connectivity index is 1.45. The molecule has 0 spiro atoms. The highest BCUT2D eigenvalue weighted by Crippen LogP contribution is 2.20. The van der Waals surface area contributed by atoms with Gasteiger partial charge in [0, 0.05) is 37.5 Å². The van der Waals surface area contributed by atoms with Crippen molar-refractivity contribution in [3.63, 3.8) is 0 Å². The smallest absolute Gasteiger partial charge is 0.247 e. The Bertz CT molecular complexity index is 884. The Labute approximate surface area is 159 Å². The molecule has 0 atom stereocenters. The Morgan fingerprint density at radius 2 is 1.89 bits per heavy atom. The van der Waals surface area contributed by atoms with E-state index in [0.29, 0.717) is 50.7 Å². The van der Waals surface area contributed by atoms with Crippen LogP contribution in [0.4, 0.5) is 0 Å². The number of aromatic nitrogens is 2. The van der Waals surface area contributed by atoms with E-state index in [1.165, 1.54) is 10.6 Å². The average molecular weight is 392 g/mol. The third kappa shape index (κ3) is 5.14. The van der Waals surface area contributed by atoms with Crippen LogP contribution in [-0.4, -0.2) is 54.7 Å². The molecule has 1 aromatic carbocycles. The molecule has 1 fully saturated rings. The van der Waals surface area contributed by atoms with Gasteiger partial charge in [0.25, 0.3) is 0 Å². The predicted molar refractivity (Wildman–Crippen MR) is 100 cm³/mol. The zero-order valence-electron chi connectivity index (χ0n) is 15.5. The zero-order chi connectivity index (χ0) is 19.4. The predicted octanol–water partition coefficient (Wildman–Crippen LogP) is 1.38. The molecule has 0 aliphatic carbocycles. The summed E-state index contributed by atoms with van der Waals surface area (Å²) in [6.07, 6.45) is 2.73. The molecule has 2 aromatic rings. The lowest BCUT2D eigenvalue weighted by Gasteiger charge is -2.29. The summed E-state index contributed by atoms with van der Waals surface area (Å²) in [7, 11) is -3.18. The van der Waals surface area contributed by atoms with Crippen LogP contribution in [0.1, 0.15) is 24.3 Å². The molecule has 3 rings (SSSR count). The lowest BCUT2D eigenvalue weighted by atomic mass is 9.97. The molecular formula is C18H24N4O4S. The van der Waals surface area contributed by atoms with E-state index in [9.17, 15) is 13.2 Å². The first kappa shape index (κ1) is 19.5. The van der Waals surface area contributed by atoms with E-state index in [1.54, 1.807) is 0 Å². The van der Waals surface area contributed by atoms with Crippen LogP contribution >= 0.6 is 0 Å². The number of carbonyl (C=O) groups excluding carboxylic acids is 1. The van der Waals surface area contributed by atoms with Crippen molar-refractivity contribution in [1.82, 2.24) is 19.8 Å². The highest BCUT2D eigenvalue weighted by molar-refractivity contribution is 7.88. The number of sulfonamides is 1. The minimum atomic E-state index is -3.18. The molecule has 8 nitrogen and oxygen atoms in total. The number of piperidine rings is 1. The lowest BCUT2D eigenvalue weighted by molar-refractivity contribution is -0.126. The lowest BCUT2D eigenvalue weighted by Crippen LogP contribution is -2.42. The molecule has 0 radical (unpaired) electrons. The second-order valence-electron chi connectivity index (χ2n) is 6.84. The fourth-order valence-corrected chi connectivity index (χ4v) is 3.93. The number of benzene rings is 1. The normalized spacial score (nSPS) is 16.4. The van der Waals surface area contributed by atoms with Gasteiger partial charge in [-0.2, -0.15) is 0 Å². The van der Waals surface area contributed by atoms with Crippen LogP contribution in [0.15, 0.2) is 28.7 Å². The zero-order valence-corrected chi connectivity index (χ0v) is 16.3. The second kappa shape index (κ2) is 8.18. The summed E-state index contributed by atoms with van der Waals surface area (Å²) < 4.78 is 30.1. The number of hydrogen-bond acceptors (Lipinski definition) is 6. The standard InChI is InChI=1S/C18H24N4O4S/c1-13-3-5-15(6-4-13)18-21-20-16(26-18)7-10-19-17(23)14-8-11-22(12-9-14)27(2,24)25/h3-6,14H,7-12H2,1-2H3,(H,19,23). The number of aryl methyl sites for hydroxylation is 1. The Morgan fingerprint density at radius 3 is 2.52 bits per heavy atom. The molecule has 2 heterocycles. The average Bonchev–Trinajstić information content (AvgIpc) is 3.10. The molecule has 1 aromatic heterocycles. The van der Waals surface area contributed by atoms with Crippen LogP contribution in [-0.2, 0) is 21.2 Å². The third-order valence-electron chi connectivity index (χ3n) is 4.70. The van der Waals surface area contributed by atoms with Crippen LogP contribution in [0, 0.1) is 12.8 Å². The number of rotatable bonds is 6. The highest BCUT2D eigenvalue weighted by atomic mass is 32.2. The van der Waals surface area contributed by atoms with Gasteiger partial charge in [-0.1, -0.05) is 17.7 Å². The molecule has 9 heteroatoms. The van der Waals surface area contributed by atoms with Crippen molar-refractivity contribution in [2.75, 3.05) is 25.9 Å². The van der Waals surface area contributed by atoms with E-state index in [0.717, 1.165) is 11.1 Å². The number of hydrogen-bond donors (Lipinski definition) is 1. The topological polar surface area (TPSA) is 105 Å². The van der Waals surface area contributed by atoms with Crippen molar-refractivity contribution in [3.05, 3.63) is 35.7 Å². The molecular weight excluding hydrogens is 368 g/mol. The summed E-state index contributed by atoms with van der Waals surface area (Å²) in [5, 5.41) is 10.9. The third-order valence-corrected chi connectivity index (χ3v) is 6.00. The van der Waals surface area contributed by atoms with Crippen LogP contribution < -0.4 is 5.32 Å². The minimum Gasteiger partial charge on any atom is -0.421 e. The van der Waals surface area contributed by atoms with Crippen molar-refractivity contribution >= 4 is 15.9 Å². The van der Waals surface area contributed by atoms with Crippen molar-refractivity contribution in [1.29, 1.82) is 0 Å². The molecule has 146 valence electrons. The van der Waals surface area contributed by atoms with Gasteiger partial charge in [-0.3, -0.25) is 4.79 Å². The Kier molecular flexibility index (Phi) is 5.91. The number of nitrogens with zero attached hydrogens (tertiary/aromatic N) is 3. The summed E-state index contributed by atoms with van der Waals surface area (Å²) in [6, 6.07) is 7.82. The summed E-state index contributed by atoms with van der Waals surface area (Å²) in [6.45, 7) is 3.19. The van der Waals surface area contributed by atoms with Gasteiger partial charge in [0.15, 0.2) is 0 Å². The largest absolute Gasteiger partial charge is 0.421 e. The van der Waals surface area contributed by atoms with Gasteiger partial charge in [0.1, 0.15) is 0 Å². The summed E-state index contributed by atoms with van der Waals surface area (Å²) in [5.41, 5.74) is 2.02. The molecule has 0 saturated carbocycles. The highest BCUT2D eigenvalue weighted by Gasteiger charge is 2.28. The van der Waals surface area contributed by atoms with E-state index in [4.69, 9.17) is 4.42 Å². The van der Waals surface area contributed by atoms with E-state index in [-0.39, 0.29) is 11.8 Å². The maximum absolute atomic E-state index is 12.3. The van der Waals surface area contributed by atoms with Gasteiger partial charge < -0.3 is 9.73 Å². The first-order valence-electron chi connectivity index (χ1n) is 8.95. The van der Waals surface area contributed by atoms with Crippen LogP contribution in [0.5, 0.6) is 0 Å².